The number of benzene rings is 1. The zero-order valence-electron chi connectivity index (χ0n) is 10.2. The van der Waals surface area contributed by atoms with Crippen LogP contribution in [0.25, 0.3) is 0 Å². The molecule has 0 atom stereocenters. The lowest BCUT2D eigenvalue weighted by molar-refractivity contribution is 0.182. The van der Waals surface area contributed by atoms with Crippen LogP contribution in [-0.4, -0.2) is 33.1 Å². The molecule has 0 aliphatic carbocycles. The Morgan fingerprint density at radius 2 is 1.89 bits per heavy atom. The molecule has 0 fully saturated rings. The van der Waals surface area contributed by atoms with E-state index in [0.29, 0.717) is 13.1 Å². The SMILES string of the molecule is OCCN(Cc1ccccc1)Cc1cnccn1. The minimum atomic E-state index is 0.146. The van der Waals surface area contributed by atoms with E-state index in [1.54, 1.807) is 18.6 Å². The van der Waals surface area contributed by atoms with Gasteiger partial charge in [-0.05, 0) is 5.56 Å². The van der Waals surface area contributed by atoms with Gasteiger partial charge in [-0.25, -0.2) is 0 Å². The first-order valence-electron chi connectivity index (χ1n) is 6.00. The molecule has 0 spiro atoms. The summed E-state index contributed by atoms with van der Waals surface area (Å²) in [6.07, 6.45) is 5.11. The molecule has 0 unspecified atom stereocenters. The van der Waals surface area contributed by atoms with Crippen LogP contribution >= 0.6 is 0 Å². The molecule has 0 aliphatic heterocycles. The van der Waals surface area contributed by atoms with E-state index in [9.17, 15) is 0 Å². The first-order valence-corrected chi connectivity index (χ1v) is 6.00. The summed E-state index contributed by atoms with van der Waals surface area (Å²) in [6.45, 7) is 2.28. The van der Waals surface area contributed by atoms with Gasteiger partial charge in [0.05, 0.1) is 12.3 Å². The van der Waals surface area contributed by atoms with E-state index in [1.807, 2.05) is 18.2 Å². The average Bonchev–Trinajstić information content (AvgIpc) is 2.41. The Bertz CT molecular complexity index is 406. The van der Waals surface area contributed by atoms with E-state index in [1.165, 1.54) is 5.56 Å². The van der Waals surface area contributed by atoms with Gasteiger partial charge in [0.25, 0.3) is 0 Å². The summed E-state index contributed by atoms with van der Waals surface area (Å²) < 4.78 is 0. The van der Waals surface area contributed by atoms with Gasteiger partial charge in [0.1, 0.15) is 0 Å². The molecule has 0 saturated heterocycles. The van der Waals surface area contributed by atoms with Crippen LogP contribution in [-0.2, 0) is 13.1 Å². The standard InChI is InChI=1S/C14H17N3O/c18-9-8-17(11-13-4-2-1-3-5-13)12-14-10-15-6-7-16-14/h1-7,10,18H,8-9,11-12H2. The Hall–Kier alpha value is -1.78. The molecule has 4 nitrogen and oxygen atoms in total. The van der Waals surface area contributed by atoms with E-state index in [-0.39, 0.29) is 6.61 Å². The lowest BCUT2D eigenvalue weighted by atomic mass is 10.2. The zero-order valence-corrected chi connectivity index (χ0v) is 10.2. The monoisotopic (exact) mass is 243 g/mol. The molecule has 4 heteroatoms. The lowest BCUT2D eigenvalue weighted by Crippen LogP contribution is -2.26. The Kier molecular flexibility index (Phi) is 4.81. The lowest BCUT2D eigenvalue weighted by Gasteiger charge is -2.20. The van der Waals surface area contributed by atoms with E-state index in [0.717, 1.165) is 12.2 Å². The first-order chi connectivity index (χ1) is 8.88. The molecule has 1 aromatic carbocycles. The predicted octanol–water partition coefficient (Wildman–Crippen LogP) is 1.47. The van der Waals surface area contributed by atoms with Crippen molar-refractivity contribution in [2.45, 2.75) is 13.1 Å². The molecular formula is C14H17N3O. The van der Waals surface area contributed by atoms with Crippen molar-refractivity contribution in [3.05, 3.63) is 60.2 Å². The number of hydrogen-bond donors (Lipinski definition) is 1. The van der Waals surface area contributed by atoms with Crippen LogP contribution in [0.15, 0.2) is 48.9 Å². The molecule has 18 heavy (non-hydrogen) atoms. The van der Waals surface area contributed by atoms with Gasteiger partial charge in [0.15, 0.2) is 0 Å². The van der Waals surface area contributed by atoms with Crippen molar-refractivity contribution in [2.75, 3.05) is 13.2 Å². The highest BCUT2D eigenvalue weighted by Gasteiger charge is 2.07. The molecule has 0 amide bonds. The van der Waals surface area contributed by atoms with Crippen molar-refractivity contribution in [3.8, 4) is 0 Å². The Morgan fingerprint density at radius 1 is 1.06 bits per heavy atom. The van der Waals surface area contributed by atoms with Crippen molar-refractivity contribution >= 4 is 0 Å². The van der Waals surface area contributed by atoms with Crippen molar-refractivity contribution < 1.29 is 5.11 Å². The van der Waals surface area contributed by atoms with E-state index >= 15 is 0 Å². The summed E-state index contributed by atoms with van der Waals surface area (Å²) in [4.78, 5) is 10.5. The van der Waals surface area contributed by atoms with Crippen LogP contribution in [0, 0.1) is 0 Å². The predicted molar refractivity (Wildman–Crippen MR) is 69.7 cm³/mol. The Balaban J connectivity index is 2.00. The summed E-state index contributed by atoms with van der Waals surface area (Å²) in [5.41, 5.74) is 2.15. The number of aliphatic hydroxyl groups excluding tert-OH is 1. The maximum Gasteiger partial charge on any atom is 0.0726 e. The van der Waals surface area contributed by atoms with Crippen LogP contribution in [0.2, 0.25) is 0 Å². The van der Waals surface area contributed by atoms with Gasteiger partial charge in [-0.15, -0.1) is 0 Å². The van der Waals surface area contributed by atoms with E-state index in [4.69, 9.17) is 5.11 Å². The zero-order chi connectivity index (χ0) is 12.6. The highest BCUT2D eigenvalue weighted by atomic mass is 16.3. The third-order valence-corrected chi connectivity index (χ3v) is 2.67. The summed E-state index contributed by atoms with van der Waals surface area (Å²) in [5, 5.41) is 9.12. The molecular weight excluding hydrogens is 226 g/mol. The molecule has 2 aromatic rings. The fourth-order valence-corrected chi connectivity index (χ4v) is 1.84. The molecule has 0 bridgehead atoms. The number of rotatable bonds is 6. The van der Waals surface area contributed by atoms with Crippen LogP contribution in [0.5, 0.6) is 0 Å². The smallest absolute Gasteiger partial charge is 0.0726 e. The minimum Gasteiger partial charge on any atom is -0.395 e. The minimum absolute atomic E-state index is 0.146. The molecule has 1 aromatic heterocycles. The Morgan fingerprint density at radius 3 is 2.56 bits per heavy atom. The number of hydrogen-bond acceptors (Lipinski definition) is 4. The normalized spacial score (nSPS) is 10.8. The van der Waals surface area contributed by atoms with Gasteiger partial charge in [0, 0.05) is 38.2 Å². The third-order valence-electron chi connectivity index (χ3n) is 2.67. The number of nitrogens with zero attached hydrogens (tertiary/aromatic N) is 3. The van der Waals surface area contributed by atoms with Gasteiger partial charge < -0.3 is 5.11 Å². The largest absolute Gasteiger partial charge is 0.395 e. The second-order valence-electron chi connectivity index (χ2n) is 4.12. The highest BCUT2D eigenvalue weighted by Crippen LogP contribution is 2.07. The summed E-state index contributed by atoms with van der Waals surface area (Å²) in [6, 6.07) is 10.2. The summed E-state index contributed by atoms with van der Waals surface area (Å²) >= 11 is 0. The molecule has 1 N–H and O–H groups in total. The summed E-state index contributed by atoms with van der Waals surface area (Å²) in [7, 11) is 0. The van der Waals surface area contributed by atoms with Gasteiger partial charge in [-0.3, -0.25) is 14.9 Å². The molecule has 0 radical (unpaired) electrons. The quantitative estimate of drug-likeness (QED) is 0.834. The molecule has 94 valence electrons. The van der Waals surface area contributed by atoms with Crippen molar-refractivity contribution in [1.82, 2.24) is 14.9 Å². The maximum absolute atomic E-state index is 9.12. The van der Waals surface area contributed by atoms with Crippen LogP contribution in [0.1, 0.15) is 11.3 Å². The van der Waals surface area contributed by atoms with Crippen LogP contribution in [0.3, 0.4) is 0 Å². The fraction of sp³-hybridized carbons (Fsp3) is 0.286. The van der Waals surface area contributed by atoms with Crippen molar-refractivity contribution in [1.29, 1.82) is 0 Å². The fourth-order valence-electron chi connectivity index (χ4n) is 1.84. The second-order valence-corrected chi connectivity index (χ2v) is 4.12. The Labute approximate surface area is 107 Å². The van der Waals surface area contributed by atoms with Crippen molar-refractivity contribution in [3.63, 3.8) is 0 Å². The number of aromatic nitrogens is 2. The van der Waals surface area contributed by atoms with Gasteiger partial charge in [-0.1, -0.05) is 30.3 Å². The maximum atomic E-state index is 9.12. The van der Waals surface area contributed by atoms with Crippen LogP contribution < -0.4 is 0 Å². The third kappa shape index (κ3) is 3.91. The van der Waals surface area contributed by atoms with Crippen LogP contribution in [0.4, 0.5) is 0 Å². The van der Waals surface area contributed by atoms with E-state index in [2.05, 4.69) is 27.0 Å². The molecule has 0 aliphatic rings. The second kappa shape index (κ2) is 6.83. The van der Waals surface area contributed by atoms with E-state index < -0.39 is 0 Å². The van der Waals surface area contributed by atoms with Gasteiger partial charge in [0.2, 0.25) is 0 Å². The summed E-state index contributed by atoms with van der Waals surface area (Å²) in [5.74, 6) is 0. The van der Waals surface area contributed by atoms with Crippen molar-refractivity contribution in [2.24, 2.45) is 0 Å². The first kappa shape index (κ1) is 12.7. The van der Waals surface area contributed by atoms with Gasteiger partial charge >= 0.3 is 0 Å². The topological polar surface area (TPSA) is 49.2 Å². The molecule has 2 rings (SSSR count). The molecule has 1 heterocycles. The highest BCUT2D eigenvalue weighted by molar-refractivity contribution is 5.14. The average molecular weight is 243 g/mol. The van der Waals surface area contributed by atoms with Gasteiger partial charge in [-0.2, -0.15) is 0 Å². The number of aliphatic hydroxyl groups is 1. The molecule has 0 saturated carbocycles.